The molecule has 3 N–H and O–H groups in total. The number of rotatable bonds is 7. The second-order valence-electron chi connectivity index (χ2n) is 3.32. The van der Waals surface area contributed by atoms with Gasteiger partial charge in [0, 0.05) is 26.0 Å². The van der Waals surface area contributed by atoms with Crippen LogP contribution in [0.2, 0.25) is 0 Å². The molecule has 0 aromatic carbocycles. The normalized spacial score (nSPS) is 10.4. The van der Waals surface area contributed by atoms with Crippen LogP contribution in [0.15, 0.2) is 10.7 Å². The van der Waals surface area contributed by atoms with Crippen molar-refractivity contribution in [2.24, 2.45) is 0 Å². The van der Waals surface area contributed by atoms with E-state index < -0.39 is 0 Å². The molecule has 1 heterocycles. The first-order valence-corrected chi connectivity index (χ1v) is 6.13. The van der Waals surface area contributed by atoms with Gasteiger partial charge in [-0.3, -0.25) is 0 Å². The van der Waals surface area contributed by atoms with E-state index in [1.54, 1.807) is 6.20 Å². The molecule has 0 fully saturated rings. The Morgan fingerprint density at radius 3 is 3.06 bits per heavy atom. The highest BCUT2D eigenvalue weighted by atomic mass is 79.9. The molecule has 0 unspecified atom stereocenters. The first-order valence-electron chi connectivity index (χ1n) is 5.33. The fraction of sp³-hybridized carbons (Fsp3) is 0.600. The first kappa shape index (κ1) is 13.2. The lowest BCUT2D eigenvalue weighted by Gasteiger charge is -2.07. The molecular weight excluding hydrogens is 272 g/mol. The summed E-state index contributed by atoms with van der Waals surface area (Å²) < 4.78 is 6.18. The summed E-state index contributed by atoms with van der Waals surface area (Å²) in [6, 6.07) is 0. The molecule has 0 saturated heterocycles. The molecule has 0 saturated carbocycles. The predicted molar refractivity (Wildman–Crippen MR) is 68.4 cm³/mol. The average Bonchev–Trinajstić information content (AvgIpc) is 2.28. The van der Waals surface area contributed by atoms with Gasteiger partial charge < -0.3 is 15.8 Å². The molecule has 0 aliphatic carbocycles. The van der Waals surface area contributed by atoms with Crippen LogP contribution < -0.4 is 11.1 Å². The monoisotopic (exact) mass is 288 g/mol. The summed E-state index contributed by atoms with van der Waals surface area (Å²) >= 11 is 3.35. The second kappa shape index (κ2) is 7.40. The Hall–Kier alpha value is -0.880. The van der Waals surface area contributed by atoms with Crippen LogP contribution in [0.4, 0.5) is 11.8 Å². The van der Waals surface area contributed by atoms with E-state index >= 15 is 0 Å². The maximum atomic E-state index is 5.49. The van der Waals surface area contributed by atoms with Gasteiger partial charge in [0.05, 0.1) is 4.47 Å². The lowest BCUT2D eigenvalue weighted by Crippen LogP contribution is -2.09. The molecule has 1 aromatic heterocycles. The summed E-state index contributed by atoms with van der Waals surface area (Å²) in [5.41, 5.74) is 5.49. The fourth-order valence-corrected chi connectivity index (χ4v) is 1.46. The zero-order valence-corrected chi connectivity index (χ0v) is 11.0. The van der Waals surface area contributed by atoms with Gasteiger partial charge in [0.1, 0.15) is 5.82 Å². The SMILES string of the molecule is CCCOCCCNc1nc(N)ncc1Br. The quantitative estimate of drug-likeness (QED) is 0.752. The van der Waals surface area contributed by atoms with E-state index in [4.69, 9.17) is 10.5 Å². The van der Waals surface area contributed by atoms with E-state index in [2.05, 4.69) is 38.1 Å². The van der Waals surface area contributed by atoms with Crippen LogP contribution in [0.1, 0.15) is 19.8 Å². The highest BCUT2D eigenvalue weighted by molar-refractivity contribution is 9.10. The third-order valence-electron chi connectivity index (χ3n) is 1.87. The molecule has 6 heteroatoms. The van der Waals surface area contributed by atoms with Crippen LogP contribution in [0.3, 0.4) is 0 Å². The van der Waals surface area contributed by atoms with E-state index in [1.165, 1.54) is 0 Å². The smallest absolute Gasteiger partial charge is 0.221 e. The maximum Gasteiger partial charge on any atom is 0.221 e. The van der Waals surface area contributed by atoms with E-state index in [-0.39, 0.29) is 5.95 Å². The fourth-order valence-electron chi connectivity index (χ4n) is 1.13. The number of hydrogen-bond donors (Lipinski definition) is 2. The minimum absolute atomic E-state index is 0.271. The molecule has 0 bridgehead atoms. The number of nitrogens with two attached hydrogens (primary N) is 1. The van der Waals surface area contributed by atoms with E-state index in [1.807, 2.05) is 0 Å². The molecule has 0 aliphatic rings. The average molecular weight is 289 g/mol. The summed E-state index contributed by atoms with van der Waals surface area (Å²) in [6.45, 7) is 4.49. The third kappa shape index (κ3) is 4.76. The van der Waals surface area contributed by atoms with Gasteiger partial charge in [0.25, 0.3) is 0 Å². The molecular formula is C10H17BrN4O. The summed E-state index contributed by atoms with van der Waals surface area (Å²) in [5, 5.41) is 3.17. The van der Waals surface area contributed by atoms with Crippen LogP contribution in [0.5, 0.6) is 0 Å². The van der Waals surface area contributed by atoms with Crippen molar-refractivity contribution in [2.45, 2.75) is 19.8 Å². The molecule has 0 atom stereocenters. The van der Waals surface area contributed by atoms with Crippen LogP contribution in [0.25, 0.3) is 0 Å². The van der Waals surface area contributed by atoms with Gasteiger partial charge in [-0.1, -0.05) is 6.92 Å². The van der Waals surface area contributed by atoms with E-state index in [0.29, 0.717) is 0 Å². The van der Waals surface area contributed by atoms with Gasteiger partial charge >= 0.3 is 0 Å². The number of aromatic nitrogens is 2. The number of nitrogens with one attached hydrogen (secondary N) is 1. The Kier molecular flexibility index (Phi) is 6.10. The molecule has 1 aromatic rings. The van der Waals surface area contributed by atoms with Crippen molar-refractivity contribution in [3.63, 3.8) is 0 Å². The van der Waals surface area contributed by atoms with Crippen molar-refractivity contribution in [2.75, 3.05) is 30.8 Å². The Morgan fingerprint density at radius 1 is 1.50 bits per heavy atom. The molecule has 5 nitrogen and oxygen atoms in total. The van der Waals surface area contributed by atoms with Crippen LogP contribution in [-0.4, -0.2) is 29.7 Å². The van der Waals surface area contributed by atoms with Gasteiger partial charge in [-0.15, -0.1) is 0 Å². The molecule has 90 valence electrons. The zero-order chi connectivity index (χ0) is 11.8. The maximum absolute atomic E-state index is 5.49. The van der Waals surface area contributed by atoms with E-state index in [0.717, 1.165) is 42.9 Å². The highest BCUT2D eigenvalue weighted by Crippen LogP contribution is 2.18. The standard InChI is InChI=1S/C10H17BrN4O/c1-2-5-16-6-3-4-13-9-8(11)7-14-10(12)15-9/h7H,2-6H2,1H3,(H3,12,13,14,15). The zero-order valence-electron chi connectivity index (χ0n) is 9.37. The van der Waals surface area contributed by atoms with Crippen molar-refractivity contribution in [1.82, 2.24) is 9.97 Å². The van der Waals surface area contributed by atoms with E-state index in [9.17, 15) is 0 Å². The van der Waals surface area contributed by atoms with Crippen molar-refractivity contribution in [3.05, 3.63) is 10.7 Å². The Bertz CT molecular complexity index is 322. The lowest BCUT2D eigenvalue weighted by molar-refractivity contribution is 0.134. The van der Waals surface area contributed by atoms with Crippen LogP contribution in [-0.2, 0) is 4.74 Å². The van der Waals surface area contributed by atoms with Crippen LogP contribution in [0, 0.1) is 0 Å². The minimum Gasteiger partial charge on any atom is -0.381 e. The molecule has 0 radical (unpaired) electrons. The minimum atomic E-state index is 0.271. The van der Waals surface area contributed by atoms with Crippen molar-refractivity contribution >= 4 is 27.7 Å². The van der Waals surface area contributed by atoms with Gasteiger partial charge in [-0.25, -0.2) is 4.98 Å². The van der Waals surface area contributed by atoms with Gasteiger partial charge in [-0.2, -0.15) is 4.98 Å². The molecule has 16 heavy (non-hydrogen) atoms. The van der Waals surface area contributed by atoms with Crippen molar-refractivity contribution < 1.29 is 4.74 Å². The second-order valence-corrected chi connectivity index (χ2v) is 4.17. The van der Waals surface area contributed by atoms with Crippen molar-refractivity contribution in [3.8, 4) is 0 Å². The Balaban J connectivity index is 2.23. The molecule has 0 spiro atoms. The van der Waals surface area contributed by atoms with Gasteiger partial charge in [-0.05, 0) is 28.8 Å². The highest BCUT2D eigenvalue weighted by Gasteiger charge is 2.01. The predicted octanol–water partition coefficient (Wildman–Crippen LogP) is 2.05. The number of nitrogens with zero attached hydrogens (tertiary/aromatic N) is 2. The molecule has 0 aliphatic heterocycles. The number of halogens is 1. The topological polar surface area (TPSA) is 73.1 Å². The largest absolute Gasteiger partial charge is 0.381 e. The number of nitrogen functional groups attached to an aromatic ring is 1. The summed E-state index contributed by atoms with van der Waals surface area (Å²) in [6.07, 6.45) is 3.63. The third-order valence-corrected chi connectivity index (χ3v) is 2.45. The Morgan fingerprint density at radius 2 is 2.31 bits per heavy atom. The summed E-state index contributed by atoms with van der Waals surface area (Å²) in [4.78, 5) is 7.94. The molecule has 1 rings (SSSR count). The lowest BCUT2D eigenvalue weighted by atomic mass is 10.4. The van der Waals surface area contributed by atoms with Crippen molar-refractivity contribution in [1.29, 1.82) is 0 Å². The number of anilines is 2. The van der Waals surface area contributed by atoms with Gasteiger partial charge in [0.15, 0.2) is 0 Å². The first-order chi connectivity index (χ1) is 7.74. The Labute approximate surface area is 104 Å². The van der Waals surface area contributed by atoms with Gasteiger partial charge in [0.2, 0.25) is 5.95 Å². The number of ether oxygens (including phenoxy) is 1. The molecule has 0 amide bonds. The number of hydrogen-bond acceptors (Lipinski definition) is 5. The summed E-state index contributed by atoms with van der Waals surface area (Å²) in [7, 11) is 0. The summed E-state index contributed by atoms with van der Waals surface area (Å²) in [5.74, 6) is 0.996. The van der Waals surface area contributed by atoms with Crippen LogP contribution >= 0.6 is 15.9 Å².